The first-order chi connectivity index (χ1) is 15.5. The Morgan fingerprint density at radius 2 is 1.09 bits per heavy atom. The Labute approximate surface area is 189 Å². The van der Waals surface area contributed by atoms with E-state index in [4.69, 9.17) is 33.1 Å². The molecule has 0 bridgehead atoms. The third-order valence-electron chi connectivity index (χ3n) is 5.10. The molecule has 0 fully saturated rings. The molecule has 0 radical (unpaired) electrons. The molecule has 0 aliphatic heterocycles. The predicted octanol–water partition coefficient (Wildman–Crippen LogP) is 3.05. The third-order valence-corrected chi connectivity index (χ3v) is 5.10. The lowest BCUT2D eigenvalue weighted by Gasteiger charge is -2.19. The molecule has 3 rings (SSSR count). The highest BCUT2D eigenvalue weighted by Crippen LogP contribution is 2.41. The van der Waals surface area contributed by atoms with Crippen molar-refractivity contribution in [2.75, 3.05) is 22.9 Å². The lowest BCUT2D eigenvalue weighted by molar-refractivity contribution is 0.0683. The standard InChI is InChI=1S/C15H18N2O2.C8H8N2O4/c1-2-9(10-5-3-7-12(16)14(10)18)11-6-4-8-13(17)15(11)19;9-5-3(7(11)12)1-2-4(6(5)10)8(13)14/h3-9,18-19H,2,16-17H2,1H3;1-2H,9-10H2,(H,11,12)(H,13,14). The van der Waals surface area contributed by atoms with E-state index in [0.29, 0.717) is 28.9 Å². The van der Waals surface area contributed by atoms with E-state index >= 15 is 0 Å². The van der Waals surface area contributed by atoms with E-state index in [2.05, 4.69) is 0 Å². The number of rotatable bonds is 5. The van der Waals surface area contributed by atoms with Gasteiger partial charge in [-0.2, -0.15) is 0 Å². The zero-order valence-corrected chi connectivity index (χ0v) is 17.8. The molecule has 0 aromatic heterocycles. The van der Waals surface area contributed by atoms with Crippen LogP contribution in [0.15, 0.2) is 48.5 Å². The highest BCUT2D eigenvalue weighted by Gasteiger charge is 2.21. The van der Waals surface area contributed by atoms with Crippen LogP contribution in [0.2, 0.25) is 0 Å². The van der Waals surface area contributed by atoms with Gasteiger partial charge in [-0.05, 0) is 30.7 Å². The molecule has 3 aromatic carbocycles. The van der Waals surface area contributed by atoms with Crippen LogP contribution in [-0.4, -0.2) is 32.4 Å². The Balaban J connectivity index is 0.000000245. The van der Waals surface area contributed by atoms with E-state index in [-0.39, 0.29) is 39.9 Å². The van der Waals surface area contributed by atoms with Crippen LogP contribution in [0.1, 0.15) is 51.1 Å². The maximum Gasteiger partial charge on any atom is 0.337 e. The number of hydrogen-bond acceptors (Lipinski definition) is 8. The molecule has 0 saturated carbocycles. The number of benzene rings is 3. The second kappa shape index (κ2) is 10.1. The summed E-state index contributed by atoms with van der Waals surface area (Å²) >= 11 is 0. The van der Waals surface area contributed by atoms with Gasteiger partial charge in [-0.3, -0.25) is 0 Å². The lowest BCUT2D eigenvalue weighted by Crippen LogP contribution is -2.10. The molecule has 0 aliphatic carbocycles. The van der Waals surface area contributed by atoms with Crippen LogP contribution >= 0.6 is 0 Å². The highest BCUT2D eigenvalue weighted by molar-refractivity contribution is 6.03. The topological polar surface area (TPSA) is 219 Å². The SMILES string of the molecule is CCC(c1cccc(N)c1O)c1cccc(N)c1O.Nc1c(C(=O)O)ccc(C(=O)O)c1N. The number of aromatic hydroxyl groups is 2. The zero-order chi connectivity index (χ0) is 24.9. The number of carbonyl (C=O) groups is 2. The van der Waals surface area contributed by atoms with Crippen molar-refractivity contribution < 1.29 is 30.0 Å². The summed E-state index contributed by atoms with van der Waals surface area (Å²) in [6, 6.07) is 12.7. The summed E-state index contributed by atoms with van der Waals surface area (Å²) < 4.78 is 0. The molecule has 0 atom stereocenters. The van der Waals surface area contributed by atoms with Crippen LogP contribution < -0.4 is 22.9 Å². The van der Waals surface area contributed by atoms with Gasteiger partial charge in [0.15, 0.2) is 0 Å². The molecule has 10 heteroatoms. The van der Waals surface area contributed by atoms with Crippen molar-refractivity contribution in [3.8, 4) is 11.5 Å². The molecule has 33 heavy (non-hydrogen) atoms. The van der Waals surface area contributed by atoms with Crippen LogP contribution in [0.5, 0.6) is 11.5 Å². The van der Waals surface area contributed by atoms with Gasteiger partial charge in [0.2, 0.25) is 0 Å². The Hall–Kier alpha value is -4.60. The molecule has 3 aromatic rings. The molecular weight excluding hydrogens is 428 g/mol. The fourth-order valence-corrected chi connectivity index (χ4v) is 3.34. The Bertz CT molecular complexity index is 1110. The maximum atomic E-state index is 10.6. The minimum Gasteiger partial charge on any atom is -0.505 e. The number of aromatic carboxylic acids is 2. The minimum absolute atomic E-state index is 0.0659. The first-order valence-corrected chi connectivity index (χ1v) is 9.80. The number of carboxylic acids is 2. The average molecular weight is 454 g/mol. The fourth-order valence-electron chi connectivity index (χ4n) is 3.34. The molecule has 0 aliphatic rings. The quantitative estimate of drug-likeness (QED) is 0.208. The molecule has 12 N–H and O–H groups in total. The van der Waals surface area contributed by atoms with Crippen LogP contribution in [0.4, 0.5) is 22.7 Å². The Kier molecular flexibility index (Phi) is 7.58. The second-order valence-electron chi connectivity index (χ2n) is 7.13. The number of carboxylic acid groups (broad SMARTS) is 2. The van der Waals surface area contributed by atoms with Gasteiger partial charge < -0.3 is 43.4 Å². The first-order valence-electron chi connectivity index (χ1n) is 9.80. The van der Waals surface area contributed by atoms with Crippen LogP contribution in [0, 0.1) is 0 Å². The van der Waals surface area contributed by atoms with Gasteiger partial charge in [-0.15, -0.1) is 0 Å². The van der Waals surface area contributed by atoms with Gasteiger partial charge in [0, 0.05) is 17.0 Å². The summed E-state index contributed by atoms with van der Waals surface area (Å²) in [5, 5.41) is 37.4. The van der Waals surface area contributed by atoms with E-state index in [1.807, 2.05) is 19.1 Å². The number of nitrogen functional groups attached to an aromatic ring is 4. The van der Waals surface area contributed by atoms with E-state index in [1.165, 1.54) is 0 Å². The largest absolute Gasteiger partial charge is 0.505 e. The van der Waals surface area contributed by atoms with Crippen LogP contribution in [0.3, 0.4) is 0 Å². The number of nitrogens with two attached hydrogens (primary N) is 4. The molecule has 174 valence electrons. The summed E-state index contributed by atoms with van der Waals surface area (Å²) in [5.41, 5.74) is 23.4. The van der Waals surface area contributed by atoms with Gasteiger partial charge in [-0.1, -0.05) is 31.2 Å². The van der Waals surface area contributed by atoms with Gasteiger partial charge in [0.1, 0.15) is 11.5 Å². The number of phenolic OH excluding ortho intramolecular Hbond substituents is 2. The van der Waals surface area contributed by atoms with E-state index < -0.39 is 11.9 Å². The number of hydrogen-bond donors (Lipinski definition) is 8. The first kappa shape index (κ1) is 24.7. The van der Waals surface area contributed by atoms with Crippen LogP contribution in [-0.2, 0) is 0 Å². The molecule has 0 unspecified atom stereocenters. The summed E-state index contributed by atoms with van der Waals surface area (Å²) in [5.74, 6) is -2.50. The number of anilines is 4. The monoisotopic (exact) mass is 454 g/mol. The van der Waals surface area contributed by atoms with Crippen molar-refractivity contribution in [3.05, 3.63) is 70.8 Å². The van der Waals surface area contributed by atoms with E-state index in [9.17, 15) is 19.8 Å². The molecule has 10 nitrogen and oxygen atoms in total. The predicted molar refractivity (Wildman–Crippen MR) is 126 cm³/mol. The summed E-state index contributed by atoms with van der Waals surface area (Å²) in [4.78, 5) is 21.1. The maximum absolute atomic E-state index is 10.6. The van der Waals surface area contributed by atoms with Crippen molar-refractivity contribution in [3.63, 3.8) is 0 Å². The third kappa shape index (κ3) is 5.18. The van der Waals surface area contributed by atoms with Crippen molar-refractivity contribution in [2.45, 2.75) is 19.3 Å². The average Bonchev–Trinajstić information content (AvgIpc) is 2.76. The summed E-state index contributed by atoms with van der Waals surface area (Å²) in [6.45, 7) is 1.98. The van der Waals surface area contributed by atoms with Gasteiger partial charge in [-0.25, -0.2) is 9.59 Å². The van der Waals surface area contributed by atoms with Crippen molar-refractivity contribution in [1.29, 1.82) is 0 Å². The van der Waals surface area contributed by atoms with Crippen LogP contribution in [0.25, 0.3) is 0 Å². The molecule has 0 heterocycles. The van der Waals surface area contributed by atoms with Crippen molar-refractivity contribution >= 4 is 34.7 Å². The minimum atomic E-state index is -1.24. The molecule has 0 spiro atoms. The Morgan fingerprint density at radius 3 is 1.39 bits per heavy atom. The normalized spacial score (nSPS) is 10.4. The smallest absolute Gasteiger partial charge is 0.337 e. The zero-order valence-electron chi connectivity index (χ0n) is 17.8. The van der Waals surface area contributed by atoms with Crippen molar-refractivity contribution in [1.82, 2.24) is 0 Å². The van der Waals surface area contributed by atoms with E-state index in [0.717, 1.165) is 12.1 Å². The lowest BCUT2D eigenvalue weighted by atomic mass is 9.87. The number of phenols is 2. The van der Waals surface area contributed by atoms with Gasteiger partial charge in [0.25, 0.3) is 0 Å². The highest BCUT2D eigenvalue weighted by atomic mass is 16.4. The van der Waals surface area contributed by atoms with E-state index in [1.54, 1.807) is 24.3 Å². The van der Waals surface area contributed by atoms with Gasteiger partial charge >= 0.3 is 11.9 Å². The number of para-hydroxylation sites is 2. The fraction of sp³-hybridized carbons (Fsp3) is 0.130. The Morgan fingerprint density at radius 1 is 0.727 bits per heavy atom. The molecule has 0 amide bonds. The van der Waals surface area contributed by atoms with Gasteiger partial charge in [0.05, 0.1) is 33.9 Å². The molecule has 0 saturated heterocycles. The second-order valence-corrected chi connectivity index (χ2v) is 7.13. The summed E-state index contributed by atoms with van der Waals surface area (Å²) in [6.07, 6.45) is 0.716. The molecular formula is C23H26N4O6. The summed E-state index contributed by atoms with van der Waals surface area (Å²) in [7, 11) is 0. The van der Waals surface area contributed by atoms with Crippen molar-refractivity contribution in [2.24, 2.45) is 0 Å².